The number of hydrogen-bond acceptors (Lipinski definition) is 5. The molecule has 0 radical (unpaired) electrons. The van der Waals surface area contributed by atoms with Gasteiger partial charge < -0.3 is 15.1 Å². The van der Waals surface area contributed by atoms with Gasteiger partial charge in [0.1, 0.15) is 5.76 Å². The van der Waals surface area contributed by atoms with E-state index in [0.29, 0.717) is 19.0 Å². The average Bonchev–Trinajstić information content (AvgIpc) is 3.45. The van der Waals surface area contributed by atoms with E-state index >= 15 is 0 Å². The molecule has 1 unspecified atom stereocenters. The van der Waals surface area contributed by atoms with Crippen LogP contribution in [0.4, 0.5) is 0 Å². The minimum Gasteiger partial charge on any atom is -0.468 e. The van der Waals surface area contributed by atoms with Crippen LogP contribution in [0.5, 0.6) is 0 Å². The molecule has 30 heavy (non-hydrogen) atoms. The molecule has 1 fully saturated rings. The maximum absolute atomic E-state index is 12.4. The zero-order chi connectivity index (χ0) is 21.4. The van der Waals surface area contributed by atoms with E-state index in [1.807, 2.05) is 19.1 Å². The Hall–Kier alpha value is -2.36. The van der Waals surface area contributed by atoms with Gasteiger partial charge in [-0.2, -0.15) is 0 Å². The molecule has 0 spiro atoms. The highest BCUT2D eigenvalue weighted by molar-refractivity contribution is 7.89. The largest absolute Gasteiger partial charge is 0.468 e. The molecule has 8 nitrogen and oxygen atoms in total. The van der Waals surface area contributed by atoms with Crippen LogP contribution in [-0.2, 0) is 10.0 Å². The Kier molecular flexibility index (Phi) is 7.89. The van der Waals surface area contributed by atoms with Crippen LogP contribution in [0.25, 0.3) is 0 Å². The second-order valence-electron chi connectivity index (χ2n) is 7.37. The molecule has 3 rings (SSSR count). The van der Waals surface area contributed by atoms with Gasteiger partial charge in [-0.15, -0.1) is 0 Å². The van der Waals surface area contributed by atoms with E-state index < -0.39 is 10.0 Å². The summed E-state index contributed by atoms with van der Waals surface area (Å²) in [6.45, 7) is 5.36. The molecule has 0 aliphatic carbocycles. The number of benzene rings is 1. The molecule has 3 N–H and O–H groups in total. The minimum absolute atomic E-state index is 0.140. The van der Waals surface area contributed by atoms with Gasteiger partial charge in [0.05, 0.1) is 17.2 Å². The van der Waals surface area contributed by atoms with Gasteiger partial charge in [0.25, 0.3) is 0 Å². The summed E-state index contributed by atoms with van der Waals surface area (Å²) in [4.78, 5) is 6.92. The summed E-state index contributed by atoms with van der Waals surface area (Å²) in [5.41, 5.74) is 1.02. The van der Waals surface area contributed by atoms with Crippen LogP contribution in [0.2, 0.25) is 0 Å². The molecule has 0 saturated carbocycles. The number of aryl methyl sites for hydroxylation is 1. The standard InChI is InChI=1S/C21H31N5O3S/c1-17-7-9-18(10-8-17)30(27,28)25-12-11-23-21(22-2)24-16-19(20-6-5-15-29-20)26-13-3-4-14-26/h5-10,15,19,25H,3-4,11-14,16H2,1-2H3,(H2,22,23,24). The quantitative estimate of drug-likeness (QED) is 0.317. The number of aliphatic imine (C=N–C) groups is 1. The van der Waals surface area contributed by atoms with Crippen molar-refractivity contribution < 1.29 is 12.8 Å². The SMILES string of the molecule is CN=C(NCCNS(=O)(=O)c1ccc(C)cc1)NCC(c1ccco1)N1CCCC1. The zero-order valence-electron chi connectivity index (χ0n) is 17.6. The number of nitrogens with one attached hydrogen (secondary N) is 3. The molecule has 0 bridgehead atoms. The Balaban J connectivity index is 1.46. The van der Waals surface area contributed by atoms with Gasteiger partial charge in [0.15, 0.2) is 5.96 Å². The normalized spacial score (nSPS) is 16.5. The Morgan fingerprint density at radius 3 is 2.50 bits per heavy atom. The molecule has 1 aliphatic heterocycles. The molecular formula is C21H31N5O3S. The van der Waals surface area contributed by atoms with Gasteiger partial charge >= 0.3 is 0 Å². The van der Waals surface area contributed by atoms with Gasteiger partial charge in [0.2, 0.25) is 10.0 Å². The van der Waals surface area contributed by atoms with E-state index in [9.17, 15) is 8.42 Å². The second-order valence-corrected chi connectivity index (χ2v) is 9.13. The van der Waals surface area contributed by atoms with E-state index in [0.717, 1.165) is 24.4 Å². The average molecular weight is 434 g/mol. The predicted molar refractivity (Wildman–Crippen MR) is 118 cm³/mol. The number of nitrogens with zero attached hydrogens (tertiary/aromatic N) is 2. The first kappa shape index (κ1) is 22.3. The first-order valence-electron chi connectivity index (χ1n) is 10.3. The molecule has 1 aliphatic rings. The minimum atomic E-state index is -3.52. The summed E-state index contributed by atoms with van der Waals surface area (Å²) in [7, 11) is -1.82. The fraction of sp³-hybridized carbons (Fsp3) is 0.476. The third-order valence-corrected chi connectivity index (χ3v) is 6.66. The monoisotopic (exact) mass is 433 g/mol. The lowest BCUT2D eigenvalue weighted by Crippen LogP contribution is -2.44. The lowest BCUT2D eigenvalue weighted by molar-refractivity contribution is 0.215. The number of rotatable bonds is 9. The van der Waals surface area contributed by atoms with E-state index in [2.05, 4.69) is 25.2 Å². The highest BCUT2D eigenvalue weighted by Gasteiger charge is 2.25. The molecule has 1 saturated heterocycles. The highest BCUT2D eigenvalue weighted by atomic mass is 32.2. The predicted octanol–water partition coefficient (Wildman–Crippen LogP) is 1.87. The number of sulfonamides is 1. The van der Waals surface area contributed by atoms with Crippen molar-refractivity contribution in [3.05, 3.63) is 54.0 Å². The third kappa shape index (κ3) is 6.07. The number of furan rings is 1. The van der Waals surface area contributed by atoms with Crippen molar-refractivity contribution in [2.45, 2.75) is 30.7 Å². The molecule has 9 heteroatoms. The molecule has 1 atom stereocenters. The zero-order valence-corrected chi connectivity index (χ0v) is 18.4. The number of guanidine groups is 1. The van der Waals surface area contributed by atoms with E-state index in [4.69, 9.17) is 4.42 Å². The molecule has 164 valence electrons. The van der Waals surface area contributed by atoms with Crippen molar-refractivity contribution in [3.63, 3.8) is 0 Å². The van der Waals surface area contributed by atoms with Crippen molar-refractivity contribution in [1.29, 1.82) is 0 Å². The van der Waals surface area contributed by atoms with Gasteiger partial charge in [-0.3, -0.25) is 9.89 Å². The van der Waals surface area contributed by atoms with Crippen LogP contribution < -0.4 is 15.4 Å². The van der Waals surface area contributed by atoms with Gasteiger partial charge in [-0.1, -0.05) is 17.7 Å². The first-order valence-corrected chi connectivity index (χ1v) is 11.8. The summed E-state index contributed by atoms with van der Waals surface area (Å²) in [6, 6.07) is 10.8. The van der Waals surface area contributed by atoms with E-state index in [-0.39, 0.29) is 17.5 Å². The van der Waals surface area contributed by atoms with Gasteiger partial charge in [-0.05, 0) is 57.1 Å². The maximum Gasteiger partial charge on any atom is 0.240 e. The number of hydrogen-bond donors (Lipinski definition) is 3. The first-order chi connectivity index (χ1) is 14.5. The number of likely N-dealkylation sites (tertiary alicyclic amines) is 1. The summed E-state index contributed by atoms with van der Waals surface area (Å²) < 4.78 is 33.0. The van der Waals surface area contributed by atoms with Crippen molar-refractivity contribution in [1.82, 2.24) is 20.3 Å². The van der Waals surface area contributed by atoms with Crippen LogP contribution in [0.15, 0.2) is 57.0 Å². The summed E-state index contributed by atoms with van der Waals surface area (Å²) in [5.74, 6) is 1.56. The van der Waals surface area contributed by atoms with E-state index in [1.54, 1.807) is 37.6 Å². The van der Waals surface area contributed by atoms with Crippen molar-refractivity contribution in [2.24, 2.45) is 4.99 Å². The molecule has 1 aromatic heterocycles. The Morgan fingerprint density at radius 2 is 1.87 bits per heavy atom. The Bertz CT molecular complexity index is 905. The van der Waals surface area contributed by atoms with Gasteiger partial charge in [0, 0.05) is 26.7 Å². The third-order valence-electron chi connectivity index (χ3n) is 5.18. The topological polar surface area (TPSA) is 99.0 Å². The molecule has 1 aromatic carbocycles. The Morgan fingerprint density at radius 1 is 1.13 bits per heavy atom. The summed E-state index contributed by atoms with van der Waals surface area (Å²) in [6.07, 6.45) is 4.10. The fourth-order valence-electron chi connectivity index (χ4n) is 3.52. The van der Waals surface area contributed by atoms with E-state index in [1.165, 1.54) is 12.8 Å². The second kappa shape index (κ2) is 10.6. The lowest BCUT2D eigenvalue weighted by atomic mass is 10.2. The molecule has 2 aromatic rings. The molecule has 2 heterocycles. The van der Waals surface area contributed by atoms with Crippen molar-refractivity contribution >= 4 is 16.0 Å². The smallest absolute Gasteiger partial charge is 0.240 e. The summed E-state index contributed by atoms with van der Waals surface area (Å²) in [5, 5.41) is 6.49. The van der Waals surface area contributed by atoms with Crippen LogP contribution in [-0.4, -0.2) is 59.0 Å². The Labute approximate surface area is 178 Å². The molecule has 0 amide bonds. The van der Waals surface area contributed by atoms with Crippen LogP contribution in [0.1, 0.15) is 30.2 Å². The van der Waals surface area contributed by atoms with Crippen molar-refractivity contribution in [3.8, 4) is 0 Å². The van der Waals surface area contributed by atoms with Gasteiger partial charge in [-0.25, -0.2) is 13.1 Å². The highest BCUT2D eigenvalue weighted by Crippen LogP contribution is 2.24. The summed E-state index contributed by atoms with van der Waals surface area (Å²) >= 11 is 0. The van der Waals surface area contributed by atoms with Crippen LogP contribution in [0, 0.1) is 6.92 Å². The van der Waals surface area contributed by atoms with Crippen LogP contribution in [0.3, 0.4) is 0 Å². The maximum atomic E-state index is 12.4. The lowest BCUT2D eigenvalue weighted by Gasteiger charge is -2.26. The molecular weight excluding hydrogens is 402 g/mol. The fourth-order valence-corrected chi connectivity index (χ4v) is 4.56. The van der Waals surface area contributed by atoms with Crippen LogP contribution >= 0.6 is 0 Å². The van der Waals surface area contributed by atoms with Crippen molar-refractivity contribution in [2.75, 3.05) is 39.8 Å².